The Labute approximate surface area is 163 Å². The first-order valence-corrected chi connectivity index (χ1v) is 9.51. The van der Waals surface area contributed by atoms with E-state index in [4.69, 9.17) is 11.6 Å². The van der Waals surface area contributed by atoms with Gasteiger partial charge in [-0.1, -0.05) is 29.8 Å². The predicted octanol–water partition coefficient (Wildman–Crippen LogP) is 4.50. The number of benzene rings is 1. The van der Waals surface area contributed by atoms with Crippen LogP contribution in [0.3, 0.4) is 0 Å². The first kappa shape index (κ1) is 17.7. The molecule has 0 bridgehead atoms. The second kappa shape index (κ2) is 7.53. The van der Waals surface area contributed by atoms with E-state index in [1.54, 1.807) is 17.1 Å². The molecule has 1 amide bonds. The molecule has 1 fully saturated rings. The van der Waals surface area contributed by atoms with Crippen molar-refractivity contribution >= 4 is 17.5 Å². The highest BCUT2D eigenvalue weighted by Crippen LogP contribution is 2.32. The molecule has 0 spiro atoms. The lowest BCUT2D eigenvalue weighted by atomic mass is 9.95. The number of hydrogen-bond acceptors (Lipinski definition) is 3. The van der Waals surface area contributed by atoms with Gasteiger partial charge in [-0.15, -0.1) is 0 Å². The van der Waals surface area contributed by atoms with Crippen LogP contribution in [0.2, 0.25) is 5.02 Å². The lowest BCUT2D eigenvalue weighted by molar-refractivity contribution is 0.0611. The molecule has 1 aromatic carbocycles. The molecule has 0 aliphatic carbocycles. The van der Waals surface area contributed by atoms with Crippen molar-refractivity contribution in [2.75, 3.05) is 6.54 Å². The highest BCUT2D eigenvalue weighted by atomic mass is 35.5. The first-order valence-electron chi connectivity index (χ1n) is 9.13. The van der Waals surface area contributed by atoms with E-state index in [2.05, 4.69) is 16.1 Å². The Morgan fingerprint density at radius 2 is 2.07 bits per heavy atom. The highest BCUT2D eigenvalue weighted by molar-refractivity contribution is 6.30. The van der Waals surface area contributed by atoms with Crippen LogP contribution in [0, 0.1) is 0 Å². The fourth-order valence-corrected chi connectivity index (χ4v) is 3.83. The zero-order chi connectivity index (χ0) is 18.8. The zero-order valence-corrected chi connectivity index (χ0v) is 15.9. The van der Waals surface area contributed by atoms with Gasteiger partial charge in [-0.25, -0.2) is 0 Å². The van der Waals surface area contributed by atoms with Crippen molar-refractivity contribution < 1.29 is 4.79 Å². The van der Waals surface area contributed by atoms with E-state index in [1.165, 1.54) is 0 Å². The minimum atomic E-state index is 0.0340. The van der Waals surface area contributed by atoms with E-state index in [9.17, 15) is 4.79 Å². The van der Waals surface area contributed by atoms with Gasteiger partial charge in [-0.2, -0.15) is 5.10 Å². The maximum atomic E-state index is 13.0. The van der Waals surface area contributed by atoms with Gasteiger partial charge in [-0.05, 0) is 43.0 Å². The molecule has 6 heteroatoms. The summed E-state index contributed by atoms with van der Waals surface area (Å²) < 4.78 is 1.66. The van der Waals surface area contributed by atoms with Crippen LogP contribution in [0.5, 0.6) is 0 Å². The molecule has 1 aliphatic rings. The van der Waals surface area contributed by atoms with E-state index in [0.717, 1.165) is 42.6 Å². The summed E-state index contributed by atoms with van der Waals surface area (Å²) in [4.78, 5) is 19.5. The fraction of sp³-hybridized carbons (Fsp3) is 0.286. The summed E-state index contributed by atoms with van der Waals surface area (Å²) in [5.41, 5.74) is 3.56. The SMILES string of the molecule is Cn1cc(C(=O)N2CCCC[C@@H]2c2ccc(-c3cccc(Cl)c3)nc2)cn1. The Hall–Kier alpha value is -2.66. The summed E-state index contributed by atoms with van der Waals surface area (Å²) in [6.07, 6.45) is 8.37. The third-order valence-corrected chi connectivity index (χ3v) is 5.24. The van der Waals surface area contributed by atoms with Gasteiger partial charge < -0.3 is 4.90 Å². The molecule has 3 aromatic rings. The number of aromatic nitrogens is 3. The molecule has 27 heavy (non-hydrogen) atoms. The molecule has 0 N–H and O–H groups in total. The minimum Gasteiger partial charge on any atom is -0.331 e. The van der Waals surface area contributed by atoms with Crippen LogP contribution in [0.15, 0.2) is 55.0 Å². The maximum Gasteiger partial charge on any atom is 0.257 e. The topological polar surface area (TPSA) is 51.0 Å². The van der Waals surface area contributed by atoms with E-state index < -0.39 is 0 Å². The normalized spacial score (nSPS) is 17.1. The summed E-state index contributed by atoms with van der Waals surface area (Å²) in [6, 6.07) is 11.8. The number of likely N-dealkylation sites (tertiary alicyclic amines) is 1. The van der Waals surface area contributed by atoms with Gasteiger partial charge in [0, 0.05) is 36.6 Å². The first-order chi connectivity index (χ1) is 13.1. The van der Waals surface area contributed by atoms with Crippen LogP contribution < -0.4 is 0 Å². The van der Waals surface area contributed by atoms with Crippen molar-refractivity contribution in [1.29, 1.82) is 0 Å². The number of halogens is 1. The highest BCUT2D eigenvalue weighted by Gasteiger charge is 2.29. The van der Waals surface area contributed by atoms with Gasteiger partial charge in [0.15, 0.2) is 0 Å². The molecule has 0 radical (unpaired) electrons. The molecule has 4 rings (SSSR count). The molecule has 0 unspecified atom stereocenters. The van der Waals surface area contributed by atoms with Crippen LogP contribution in [-0.2, 0) is 7.05 Å². The third kappa shape index (κ3) is 3.74. The van der Waals surface area contributed by atoms with Crippen molar-refractivity contribution in [3.05, 3.63) is 71.1 Å². The van der Waals surface area contributed by atoms with Gasteiger partial charge in [0.05, 0.1) is 23.5 Å². The number of piperidine rings is 1. The zero-order valence-electron chi connectivity index (χ0n) is 15.2. The van der Waals surface area contributed by atoms with Crippen LogP contribution >= 0.6 is 11.6 Å². The second-order valence-corrected chi connectivity index (χ2v) is 7.34. The molecule has 3 heterocycles. The Balaban J connectivity index is 1.59. The number of rotatable bonds is 3. The lowest BCUT2D eigenvalue weighted by Crippen LogP contribution is -2.38. The molecular weight excluding hydrogens is 360 g/mol. The standard InChI is InChI=1S/C21H21ClN4O/c1-25-14-17(13-24-25)21(27)26-10-3-2-7-20(26)16-8-9-19(23-12-16)15-5-4-6-18(22)11-15/h4-6,8-9,11-14,20H,2-3,7,10H2,1H3/t20-/m1/s1. The van der Waals surface area contributed by atoms with Crippen molar-refractivity contribution in [3.63, 3.8) is 0 Å². The van der Waals surface area contributed by atoms with Gasteiger partial charge in [-0.3, -0.25) is 14.5 Å². The maximum absolute atomic E-state index is 13.0. The number of hydrogen-bond donors (Lipinski definition) is 0. The molecule has 2 aromatic heterocycles. The summed E-state index contributed by atoms with van der Waals surface area (Å²) in [6.45, 7) is 0.758. The fourth-order valence-electron chi connectivity index (χ4n) is 3.64. The van der Waals surface area contributed by atoms with Gasteiger partial charge in [0.1, 0.15) is 0 Å². The third-order valence-electron chi connectivity index (χ3n) is 5.01. The minimum absolute atomic E-state index is 0.0340. The summed E-state index contributed by atoms with van der Waals surface area (Å²) in [5.74, 6) is 0.0340. The average molecular weight is 381 g/mol. The average Bonchev–Trinajstić information content (AvgIpc) is 3.14. The largest absolute Gasteiger partial charge is 0.331 e. The smallest absolute Gasteiger partial charge is 0.257 e. The molecule has 1 aliphatic heterocycles. The monoisotopic (exact) mass is 380 g/mol. The number of carbonyl (C=O) groups is 1. The second-order valence-electron chi connectivity index (χ2n) is 6.90. The molecular formula is C21H21ClN4O. The van der Waals surface area contributed by atoms with Crippen molar-refractivity contribution in [3.8, 4) is 11.3 Å². The Morgan fingerprint density at radius 1 is 1.19 bits per heavy atom. The van der Waals surface area contributed by atoms with Gasteiger partial charge in [0.2, 0.25) is 0 Å². The molecule has 5 nitrogen and oxygen atoms in total. The van der Waals surface area contributed by atoms with E-state index in [1.807, 2.05) is 48.5 Å². The van der Waals surface area contributed by atoms with Crippen LogP contribution in [0.25, 0.3) is 11.3 Å². The van der Waals surface area contributed by atoms with Crippen LogP contribution in [0.1, 0.15) is 41.2 Å². The molecule has 0 saturated carbocycles. The number of carbonyl (C=O) groups excluding carboxylic acids is 1. The summed E-state index contributed by atoms with van der Waals surface area (Å²) >= 11 is 6.08. The Bertz CT molecular complexity index is 951. The number of aryl methyl sites for hydroxylation is 1. The van der Waals surface area contributed by atoms with Crippen LogP contribution in [0.4, 0.5) is 0 Å². The number of pyridine rings is 1. The van der Waals surface area contributed by atoms with Crippen molar-refractivity contribution in [2.24, 2.45) is 7.05 Å². The number of nitrogens with zero attached hydrogens (tertiary/aromatic N) is 4. The Morgan fingerprint density at radius 3 is 2.78 bits per heavy atom. The van der Waals surface area contributed by atoms with E-state index in [0.29, 0.717) is 10.6 Å². The van der Waals surface area contributed by atoms with Crippen LogP contribution in [-0.4, -0.2) is 32.1 Å². The summed E-state index contributed by atoms with van der Waals surface area (Å²) in [5, 5.41) is 4.82. The molecule has 1 atom stereocenters. The number of amides is 1. The van der Waals surface area contributed by atoms with Gasteiger partial charge in [0.25, 0.3) is 5.91 Å². The predicted molar refractivity (Wildman–Crippen MR) is 106 cm³/mol. The quantitative estimate of drug-likeness (QED) is 0.672. The summed E-state index contributed by atoms with van der Waals surface area (Å²) in [7, 11) is 1.82. The molecule has 138 valence electrons. The lowest BCUT2D eigenvalue weighted by Gasteiger charge is -2.35. The Kier molecular flexibility index (Phi) is 4.94. The van der Waals surface area contributed by atoms with Crippen molar-refractivity contribution in [1.82, 2.24) is 19.7 Å². The molecule has 1 saturated heterocycles. The van der Waals surface area contributed by atoms with E-state index >= 15 is 0 Å². The van der Waals surface area contributed by atoms with Crippen molar-refractivity contribution in [2.45, 2.75) is 25.3 Å². The van der Waals surface area contributed by atoms with Gasteiger partial charge >= 0.3 is 0 Å². The van der Waals surface area contributed by atoms with E-state index in [-0.39, 0.29) is 11.9 Å².